The van der Waals surface area contributed by atoms with Gasteiger partial charge in [-0.15, -0.1) is 0 Å². The van der Waals surface area contributed by atoms with E-state index in [0.717, 1.165) is 5.56 Å². The normalized spacial score (nSPS) is 16.9. The fourth-order valence-corrected chi connectivity index (χ4v) is 4.48. The van der Waals surface area contributed by atoms with E-state index in [9.17, 15) is 39.3 Å². The Bertz CT molecular complexity index is 971. The number of hydrogen-bond acceptors (Lipinski definition) is 9. The topological polar surface area (TPSA) is 171 Å². The van der Waals surface area contributed by atoms with E-state index in [1.54, 1.807) is 26.8 Å². The van der Waals surface area contributed by atoms with E-state index in [1.807, 2.05) is 24.0 Å². The van der Waals surface area contributed by atoms with Crippen molar-refractivity contribution in [3.8, 4) is 0 Å². The lowest BCUT2D eigenvalue weighted by molar-refractivity contribution is -0.140. The third-order valence-electron chi connectivity index (χ3n) is 6.65. The molecule has 222 valence electrons. The van der Waals surface area contributed by atoms with Crippen LogP contribution in [0.1, 0.15) is 29.3 Å². The van der Waals surface area contributed by atoms with Crippen molar-refractivity contribution in [3.05, 3.63) is 35.4 Å². The molecule has 0 unspecified atom stereocenters. The molecule has 13 nitrogen and oxygen atoms in total. The molecule has 2 rings (SSSR count). The number of rotatable bonds is 13. The maximum atomic E-state index is 12.9. The van der Waals surface area contributed by atoms with E-state index in [4.69, 9.17) is 0 Å². The summed E-state index contributed by atoms with van der Waals surface area (Å²) in [6, 6.07) is 7.12. The Labute approximate surface area is 234 Å². The molecule has 4 N–H and O–H groups in total. The molecule has 1 heterocycles. The standard InChI is InChI=1S/C27H41N5O8/c1-2-28-27(40)22-6-3-21(4-7-22)5-8-23(33)17-29-9-11-30(18-24(34)35)13-15-32(20-26(38)39)16-14-31(12-10-29)19-25(36)37/h3-4,6-7H,2,5,8-20H2,1H3,(H,28,40)(H,34,35)(H,36,37)(H,38,39). The molecule has 0 atom stereocenters. The Balaban J connectivity index is 2.04. The van der Waals surface area contributed by atoms with Crippen LogP contribution in [0.2, 0.25) is 0 Å². The zero-order chi connectivity index (χ0) is 29.5. The number of carboxylic acids is 3. The molecule has 0 radical (unpaired) electrons. The maximum Gasteiger partial charge on any atom is 0.317 e. The van der Waals surface area contributed by atoms with E-state index < -0.39 is 17.9 Å². The molecule has 1 aliphatic heterocycles. The van der Waals surface area contributed by atoms with Crippen molar-refractivity contribution >= 4 is 29.6 Å². The molecule has 1 aromatic rings. The van der Waals surface area contributed by atoms with Gasteiger partial charge in [-0.25, -0.2) is 0 Å². The van der Waals surface area contributed by atoms with E-state index in [1.165, 1.54) is 0 Å². The van der Waals surface area contributed by atoms with Crippen molar-refractivity contribution in [2.45, 2.75) is 19.8 Å². The summed E-state index contributed by atoms with van der Waals surface area (Å²) in [6.07, 6.45) is 0.802. The number of nitrogens with zero attached hydrogens (tertiary/aromatic N) is 4. The first-order chi connectivity index (χ1) is 19.0. The number of amides is 1. The Kier molecular flexibility index (Phi) is 14.2. The van der Waals surface area contributed by atoms with Crippen LogP contribution in [-0.2, 0) is 25.6 Å². The molecule has 1 aliphatic rings. The number of aryl methyl sites for hydroxylation is 1. The first kappa shape index (κ1) is 32.8. The largest absolute Gasteiger partial charge is 0.480 e. The number of carboxylic acid groups (broad SMARTS) is 3. The van der Waals surface area contributed by atoms with Gasteiger partial charge >= 0.3 is 17.9 Å². The van der Waals surface area contributed by atoms with Crippen molar-refractivity contribution in [1.82, 2.24) is 24.9 Å². The molecule has 13 heteroatoms. The molecule has 0 spiro atoms. The van der Waals surface area contributed by atoms with Crippen LogP contribution in [0.25, 0.3) is 0 Å². The second kappa shape index (κ2) is 17.3. The molecule has 0 bridgehead atoms. The summed E-state index contributed by atoms with van der Waals surface area (Å²) in [7, 11) is 0. The van der Waals surface area contributed by atoms with Crippen molar-refractivity contribution in [3.63, 3.8) is 0 Å². The summed E-state index contributed by atoms with van der Waals surface area (Å²) in [4.78, 5) is 66.0. The average Bonchev–Trinajstić information content (AvgIpc) is 2.88. The van der Waals surface area contributed by atoms with Gasteiger partial charge in [-0.3, -0.25) is 43.6 Å². The van der Waals surface area contributed by atoms with Crippen molar-refractivity contribution < 1.29 is 39.3 Å². The van der Waals surface area contributed by atoms with Crippen LogP contribution in [-0.4, -0.2) is 150 Å². The van der Waals surface area contributed by atoms with E-state index in [2.05, 4.69) is 5.32 Å². The summed E-state index contributed by atoms with van der Waals surface area (Å²) in [5.41, 5.74) is 1.49. The van der Waals surface area contributed by atoms with Crippen LogP contribution in [0.4, 0.5) is 0 Å². The minimum absolute atomic E-state index is 0.00194. The van der Waals surface area contributed by atoms with E-state index in [0.29, 0.717) is 77.3 Å². The lowest BCUT2D eigenvalue weighted by atomic mass is 10.0. The summed E-state index contributed by atoms with van der Waals surface area (Å²) >= 11 is 0. The quantitative estimate of drug-likeness (QED) is 0.241. The smallest absolute Gasteiger partial charge is 0.317 e. The molecule has 1 saturated heterocycles. The average molecular weight is 564 g/mol. The lowest BCUT2D eigenvalue weighted by Crippen LogP contribution is -2.49. The Morgan fingerprint density at radius 2 is 1.02 bits per heavy atom. The molecule has 1 aromatic carbocycles. The second-order valence-electron chi connectivity index (χ2n) is 9.88. The number of carbonyl (C=O) groups is 5. The Morgan fingerprint density at radius 3 is 1.38 bits per heavy atom. The van der Waals surface area contributed by atoms with Crippen molar-refractivity contribution in [2.75, 3.05) is 85.1 Å². The molecule has 1 amide bonds. The number of ketones is 1. The highest BCUT2D eigenvalue weighted by Crippen LogP contribution is 2.08. The number of hydrogen-bond donors (Lipinski definition) is 4. The van der Waals surface area contributed by atoms with Crippen LogP contribution in [0.5, 0.6) is 0 Å². The van der Waals surface area contributed by atoms with Gasteiger partial charge in [0.2, 0.25) is 0 Å². The minimum Gasteiger partial charge on any atom is -0.480 e. The summed E-state index contributed by atoms with van der Waals surface area (Å²) in [5.74, 6) is -3.15. The van der Waals surface area contributed by atoms with Crippen molar-refractivity contribution in [2.24, 2.45) is 0 Å². The third kappa shape index (κ3) is 13.1. The van der Waals surface area contributed by atoms with Gasteiger partial charge in [0.25, 0.3) is 5.91 Å². The summed E-state index contributed by atoms with van der Waals surface area (Å²) in [5, 5.41) is 30.7. The monoisotopic (exact) mass is 563 g/mol. The van der Waals surface area contributed by atoms with Crippen LogP contribution >= 0.6 is 0 Å². The van der Waals surface area contributed by atoms with Gasteiger partial charge in [0.15, 0.2) is 0 Å². The van der Waals surface area contributed by atoms with Crippen LogP contribution in [0, 0.1) is 0 Å². The van der Waals surface area contributed by atoms with Gasteiger partial charge in [-0.1, -0.05) is 12.1 Å². The highest BCUT2D eigenvalue weighted by molar-refractivity contribution is 5.94. The molecule has 40 heavy (non-hydrogen) atoms. The van der Waals surface area contributed by atoms with Crippen LogP contribution < -0.4 is 5.32 Å². The number of Topliss-reactive ketones (excluding diaryl/α,β-unsaturated/α-hetero) is 1. The first-order valence-corrected chi connectivity index (χ1v) is 13.5. The first-order valence-electron chi connectivity index (χ1n) is 13.5. The van der Waals surface area contributed by atoms with E-state index in [-0.39, 0.29) is 37.9 Å². The van der Waals surface area contributed by atoms with Gasteiger partial charge in [0, 0.05) is 70.9 Å². The fourth-order valence-electron chi connectivity index (χ4n) is 4.48. The summed E-state index contributed by atoms with van der Waals surface area (Å²) < 4.78 is 0. The number of benzene rings is 1. The molecular weight excluding hydrogens is 522 g/mol. The number of aliphatic carboxylic acids is 3. The maximum absolute atomic E-state index is 12.9. The zero-order valence-electron chi connectivity index (χ0n) is 23.1. The fraction of sp³-hybridized carbons (Fsp3) is 0.593. The van der Waals surface area contributed by atoms with Gasteiger partial charge in [-0.05, 0) is 31.0 Å². The van der Waals surface area contributed by atoms with Gasteiger partial charge < -0.3 is 20.6 Å². The Morgan fingerprint density at radius 1 is 0.650 bits per heavy atom. The SMILES string of the molecule is CCNC(=O)c1ccc(CCC(=O)CN2CCN(CC(=O)O)CCN(CC(=O)O)CCN(CC(=O)O)CC2)cc1. The molecular formula is C27H41N5O8. The van der Waals surface area contributed by atoms with Gasteiger partial charge in [-0.2, -0.15) is 0 Å². The van der Waals surface area contributed by atoms with Crippen molar-refractivity contribution in [1.29, 1.82) is 0 Å². The predicted molar refractivity (Wildman–Crippen MR) is 146 cm³/mol. The van der Waals surface area contributed by atoms with Crippen LogP contribution in [0.3, 0.4) is 0 Å². The molecule has 1 fully saturated rings. The third-order valence-corrected chi connectivity index (χ3v) is 6.65. The zero-order valence-corrected chi connectivity index (χ0v) is 23.1. The lowest BCUT2D eigenvalue weighted by Gasteiger charge is -2.32. The minimum atomic E-state index is -1.01. The Hall–Kier alpha value is -3.39. The molecule has 0 saturated carbocycles. The second-order valence-corrected chi connectivity index (χ2v) is 9.88. The number of carbonyl (C=O) groups excluding carboxylic acids is 2. The molecule has 0 aliphatic carbocycles. The van der Waals surface area contributed by atoms with Gasteiger partial charge in [0.05, 0.1) is 26.2 Å². The van der Waals surface area contributed by atoms with Crippen LogP contribution in [0.15, 0.2) is 24.3 Å². The highest BCUT2D eigenvalue weighted by atomic mass is 16.4. The summed E-state index contributed by atoms with van der Waals surface area (Å²) in [6.45, 7) is 4.70. The van der Waals surface area contributed by atoms with E-state index >= 15 is 0 Å². The highest BCUT2D eigenvalue weighted by Gasteiger charge is 2.21. The number of nitrogens with one attached hydrogen (secondary N) is 1. The van der Waals surface area contributed by atoms with Gasteiger partial charge in [0.1, 0.15) is 5.78 Å². The predicted octanol–water partition coefficient (Wildman–Crippen LogP) is -0.587. The molecule has 0 aromatic heterocycles.